The van der Waals surface area contributed by atoms with E-state index in [-0.39, 0.29) is 17.5 Å². The molecule has 1 fully saturated rings. The molecule has 7 heteroatoms. The zero-order chi connectivity index (χ0) is 14.0. The van der Waals surface area contributed by atoms with Crippen molar-refractivity contribution in [3.63, 3.8) is 0 Å². The summed E-state index contributed by atoms with van der Waals surface area (Å²) in [4.78, 5) is 0. The highest BCUT2D eigenvalue weighted by atomic mass is 32.2. The van der Waals surface area contributed by atoms with Gasteiger partial charge in [-0.1, -0.05) is 6.07 Å². The molecule has 3 rings (SSSR count). The molecule has 1 saturated heterocycles. The molecule has 1 aromatic heterocycles. The number of nitrogens with zero attached hydrogens (tertiary/aromatic N) is 2. The first-order valence-electron chi connectivity index (χ1n) is 6.46. The maximum atomic E-state index is 11.4. The van der Waals surface area contributed by atoms with Crippen LogP contribution in [0.2, 0.25) is 0 Å². The fourth-order valence-corrected chi connectivity index (χ4v) is 3.80. The monoisotopic (exact) mass is 293 g/mol. The summed E-state index contributed by atoms with van der Waals surface area (Å²) >= 11 is 0. The lowest BCUT2D eigenvalue weighted by atomic mass is 10.1. The van der Waals surface area contributed by atoms with Gasteiger partial charge in [0.2, 0.25) is 12.3 Å². The van der Waals surface area contributed by atoms with Crippen molar-refractivity contribution in [2.24, 2.45) is 0 Å². The first-order valence-corrected chi connectivity index (χ1v) is 8.28. The van der Waals surface area contributed by atoms with Gasteiger partial charge in [0.05, 0.1) is 11.5 Å². The van der Waals surface area contributed by atoms with Crippen molar-refractivity contribution in [3.8, 4) is 11.5 Å². The third kappa shape index (κ3) is 2.98. The Bertz CT molecular complexity index is 669. The summed E-state index contributed by atoms with van der Waals surface area (Å²) in [6, 6.07) is 7.86. The predicted octanol–water partition coefficient (Wildman–Crippen LogP) is 1.73. The molecule has 2 aromatic rings. The normalized spacial score (nSPS) is 18.8. The van der Waals surface area contributed by atoms with Crippen LogP contribution in [0.4, 0.5) is 5.69 Å². The summed E-state index contributed by atoms with van der Waals surface area (Å²) in [6.07, 6.45) is 2.58. The van der Waals surface area contributed by atoms with E-state index in [0.29, 0.717) is 18.7 Å². The molecule has 1 aliphatic rings. The predicted molar refractivity (Wildman–Crippen MR) is 75.0 cm³/mol. The van der Waals surface area contributed by atoms with Gasteiger partial charge in [0, 0.05) is 17.3 Å². The Morgan fingerprint density at radius 3 is 2.75 bits per heavy atom. The number of rotatable bonds is 3. The van der Waals surface area contributed by atoms with E-state index in [2.05, 4.69) is 15.5 Å². The molecule has 0 spiro atoms. The molecule has 1 aromatic carbocycles. The Balaban J connectivity index is 1.71. The standard InChI is InChI=1S/C13H15N3O3S/c17-20(18)6-4-11(5-7-20)15-12-3-1-2-10(8-12)13-16-14-9-19-13/h1-3,8-9,11,15H,4-7H2. The van der Waals surface area contributed by atoms with Gasteiger partial charge >= 0.3 is 0 Å². The lowest BCUT2D eigenvalue weighted by Gasteiger charge is -2.24. The Hall–Kier alpha value is -1.89. The van der Waals surface area contributed by atoms with Crippen molar-refractivity contribution in [3.05, 3.63) is 30.7 Å². The minimum Gasteiger partial charge on any atom is -0.423 e. The number of anilines is 1. The van der Waals surface area contributed by atoms with Crippen molar-refractivity contribution in [1.82, 2.24) is 10.2 Å². The van der Waals surface area contributed by atoms with Gasteiger partial charge in [0.1, 0.15) is 9.84 Å². The van der Waals surface area contributed by atoms with Gasteiger partial charge in [0.15, 0.2) is 0 Å². The molecular formula is C13H15N3O3S. The molecule has 0 saturated carbocycles. The maximum Gasteiger partial charge on any atom is 0.247 e. The third-order valence-corrected chi connectivity index (χ3v) is 5.11. The van der Waals surface area contributed by atoms with Gasteiger partial charge in [-0.05, 0) is 31.0 Å². The molecule has 106 valence electrons. The summed E-state index contributed by atoms with van der Waals surface area (Å²) in [7, 11) is -2.82. The topological polar surface area (TPSA) is 85.1 Å². The fraction of sp³-hybridized carbons (Fsp3) is 0.385. The number of nitrogens with one attached hydrogen (secondary N) is 1. The molecule has 0 unspecified atom stereocenters. The highest BCUT2D eigenvalue weighted by molar-refractivity contribution is 7.91. The first kappa shape index (κ1) is 13.1. The molecular weight excluding hydrogens is 278 g/mol. The first-order chi connectivity index (χ1) is 9.62. The summed E-state index contributed by atoms with van der Waals surface area (Å²) in [5, 5.41) is 10.9. The number of aromatic nitrogens is 2. The second-order valence-electron chi connectivity index (χ2n) is 4.90. The number of benzene rings is 1. The molecule has 0 radical (unpaired) electrons. The second-order valence-corrected chi connectivity index (χ2v) is 7.20. The van der Waals surface area contributed by atoms with E-state index in [0.717, 1.165) is 11.3 Å². The van der Waals surface area contributed by atoms with Crippen molar-refractivity contribution >= 4 is 15.5 Å². The van der Waals surface area contributed by atoms with Gasteiger partial charge in [-0.2, -0.15) is 0 Å². The molecule has 20 heavy (non-hydrogen) atoms. The lowest BCUT2D eigenvalue weighted by molar-refractivity contribution is 0.559. The van der Waals surface area contributed by atoms with Gasteiger partial charge in [-0.25, -0.2) is 8.42 Å². The molecule has 0 amide bonds. The third-order valence-electron chi connectivity index (χ3n) is 3.39. The molecule has 1 aliphatic heterocycles. The van der Waals surface area contributed by atoms with E-state index in [1.165, 1.54) is 6.39 Å². The van der Waals surface area contributed by atoms with Crippen molar-refractivity contribution < 1.29 is 12.8 Å². The minimum absolute atomic E-state index is 0.191. The van der Waals surface area contributed by atoms with Crippen LogP contribution in [0.5, 0.6) is 0 Å². The highest BCUT2D eigenvalue weighted by Gasteiger charge is 2.23. The van der Waals surface area contributed by atoms with Crippen LogP contribution >= 0.6 is 0 Å². The van der Waals surface area contributed by atoms with Gasteiger partial charge < -0.3 is 9.73 Å². The van der Waals surface area contributed by atoms with Gasteiger partial charge in [-0.15, -0.1) is 10.2 Å². The largest absolute Gasteiger partial charge is 0.423 e. The zero-order valence-corrected chi connectivity index (χ0v) is 11.6. The van der Waals surface area contributed by atoms with Crippen LogP contribution in [0.1, 0.15) is 12.8 Å². The van der Waals surface area contributed by atoms with E-state index in [4.69, 9.17) is 4.42 Å². The molecule has 1 N–H and O–H groups in total. The molecule has 0 atom stereocenters. The lowest BCUT2D eigenvalue weighted by Crippen LogP contribution is -2.32. The number of hydrogen-bond acceptors (Lipinski definition) is 6. The minimum atomic E-state index is -2.82. The maximum absolute atomic E-state index is 11.4. The number of sulfone groups is 1. The SMILES string of the molecule is O=S1(=O)CCC(Nc2cccc(-c3nnco3)c2)CC1. The van der Waals surface area contributed by atoms with Gasteiger partial charge in [0.25, 0.3) is 0 Å². The van der Waals surface area contributed by atoms with Crippen LogP contribution in [0.15, 0.2) is 35.1 Å². The molecule has 2 heterocycles. The van der Waals surface area contributed by atoms with Crippen LogP contribution in [0.25, 0.3) is 11.5 Å². The Morgan fingerprint density at radius 1 is 1.25 bits per heavy atom. The smallest absolute Gasteiger partial charge is 0.247 e. The molecule has 0 aliphatic carbocycles. The van der Waals surface area contributed by atoms with Crippen LogP contribution in [-0.2, 0) is 9.84 Å². The van der Waals surface area contributed by atoms with Crippen LogP contribution < -0.4 is 5.32 Å². The van der Waals surface area contributed by atoms with Crippen LogP contribution in [-0.4, -0.2) is 36.2 Å². The van der Waals surface area contributed by atoms with E-state index >= 15 is 0 Å². The second kappa shape index (κ2) is 5.24. The highest BCUT2D eigenvalue weighted by Crippen LogP contribution is 2.23. The van der Waals surface area contributed by atoms with E-state index in [1.54, 1.807) is 0 Å². The summed E-state index contributed by atoms with van der Waals surface area (Å²) in [5.74, 6) is 0.988. The van der Waals surface area contributed by atoms with E-state index in [9.17, 15) is 8.42 Å². The molecule has 0 bridgehead atoms. The molecule has 6 nitrogen and oxygen atoms in total. The van der Waals surface area contributed by atoms with Crippen molar-refractivity contribution in [1.29, 1.82) is 0 Å². The Labute approximate surface area is 117 Å². The van der Waals surface area contributed by atoms with E-state index in [1.807, 2.05) is 24.3 Å². The van der Waals surface area contributed by atoms with Crippen molar-refractivity contribution in [2.45, 2.75) is 18.9 Å². The quantitative estimate of drug-likeness (QED) is 0.927. The zero-order valence-electron chi connectivity index (χ0n) is 10.8. The van der Waals surface area contributed by atoms with Crippen molar-refractivity contribution in [2.75, 3.05) is 16.8 Å². The average molecular weight is 293 g/mol. The van der Waals surface area contributed by atoms with E-state index < -0.39 is 9.84 Å². The van der Waals surface area contributed by atoms with Crippen LogP contribution in [0.3, 0.4) is 0 Å². The summed E-state index contributed by atoms with van der Waals surface area (Å²) in [6.45, 7) is 0. The fourth-order valence-electron chi connectivity index (χ4n) is 2.31. The van der Waals surface area contributed by atoms with Gasteiger partial charge in [-0.3, -0.25) is 0 Å². The van der Waals surface area contributed by atoms with Crippen LogP contribution in [0, 0.1) is 0 Å². The summed E-state index contributed by atoms with van der Waals surface area (Å²) in [5.41, 5.74) is 1.78. The summed E-state index contributed by atoms with van der Waals surface area (Å²) < 4.78 is 28.0. The average Bonchev–Trinajstić information content (AvgIpc) is 2.96. The Kier molecular flexibility index (Phi) is 3.43. The Morgan fingerprint density at radius 2 is 2.05 bits per heavy atom. The number of hydrogen-bond donors (Lipinski definition) is 1.